The van der Waals surface area contributed by atoms with Crippen LogP contribution in [0.1, 0.15) is 15.2 Å². The lowest BCUT2D eigenvalue weighted by Crippen LogP contribution is -2.39. The molecule has 2 amide bonds. The minimum atomic E-state index is -0.790. The highest BCUT2D eigenvalue weighted by molar-refractivity contribution is 7.09. The molecule has 24 heavy (non-hydrogen) atoms. The molecule has 1 atom stereocenters. The van der Waals surface area contributed by atoms with Crippen LogP contribution < -0.4 is 16.4 Å². The van der Waals surface area contributed by atoms with Crippen molar-refractivity contribution in [2.75, 3.05) is 19.0 Å². The van der Waals surface area contributed by atoms with Crippen molar-refractivity contribution in [3.63, 3.8) is 0 Å². The molecule has 0 aliphatic carbocycles. The van der Waals surface area contributed by atoms with Gasteiger partial charge in [-0.2, -0.15) is 0 Å². The number of carbonyl (C=O) groups is 2. The minimum Gasteiger partial charge on any atom is -0.383 e. The van der Waals surface area contributed by atoms with Gasteiger partial charge in [0.05, 0.1) is 23.7 Å². The van der Waals surface area contributed by atoms with Gasteiger partial charge >= 0.3 is 0 Å². The van der Waals surface area contributed by atoms with Crippen molar-refractivity contribution in [1.29, 1.82) is 0 Å². The molecule has 0 fully saturated rings. The van der Waals surface area contributed by atoms with Crippen LogP contribution in [0.3, 0.4) is 0 Å². The van der Waals surface area contributed by atoms with Gasteiger partial charge in [0.25, 0.3) is 5.91 Å². The number of nitrogens with two attached hydrogens (primary N) is 1. The molecule has 0 saturated heterocycles. The molecule has 1 unspecified atom stereocenters. The Bertz CT molecular complexity index is 707. The highest BCUT2D eigenvalue weighted by Gasteiger charge is 2.16. The number of nitrogens with one attached hydrogen (secondary N) is 2. The van der Waals surface area contributed by atoms with Crippen molar-refractivity contribution >= 4 is 40.4 Å². The van der Waals surface area contributed by atoms with Gasteiger partial charge < -0.3 is 21.1 Å². The first-order valence-electron chi connectivity index (χ1n) is 7.16. The Hall–Kier alpha value is -1.93. The highest BCUT2D eigenvalue weighted by atomic mass is 35.5. The molecule has 0 spiro atoms. The molecule has 128 valence electrons. The van der Waals surface area contributed by atoms with Gasteiger partial charge in [0, 0.05) is 17.7 Å². The standard InChI is InChI=1S/C16H18ClN3O3S/c1-23-9-14(18)16(22)20-10-4-5-13(17)12(7-10)15(21)19-8-11-3-2-6-24-11/h2-7,14H,8-9,18H2,1H3,(H,19,21)(H,20,22). The predicted octanol–water partition coefficient (Wildman–Crippen LogP) is 2.24. The summed E-state index contributed by atoms with van der Waals surface area (Å²) in [5.74, 6) is -0.713. The van der Waals surface area contributed by atoms with Crippen LogP contribution in [0.25, 0.3) is 0 Å². The molecule has 0 aliphatic heterocycles. The summed E-state index contributed by atoms with van der Waals surface area (Å²) in [4.78, 5) is 25.2. The van der Waals surface area contributed by atoms with Crippen LogP contribution in [0.2, 0.25) is 5.02 Å². The number of carbonyl (C=O) groups excluding carboxylic acids is 2. The van der Waals surface area contributed by atoms with Gasteiger partial charge in [0.15, 0.2) is 0 Å². The van der Waals surface area contributed by atoms with Gasteiger partial charge in [-0.15, -0.1) is 11.3 Å². The molecule has 0 saturated carbocycles. The van der Waals surface area contributed by atoms with E-state index in [-0.39, 0.29) is 18.1 Å². The molecule has 1 heterocycles. The Morgan fingerprint density at radius 2 is 2.17 bits per heavy atom. The van der Waals surface area contributed by atoms with Crippen LogP contribution in [0, 0.1) is 0 Å². The number of amides is 2. The summed E-state index contributed by atoms with van der Waals surface area (Å²) in [6.07, 6.45) is 0. The Balaban J connectivity index is 2.04. The predicted molar refractivity (Wildman–Crippen MR) is 95.4 cm³/mol. The summed E-state index contributed by atoms with van der Waals surface area (Å²) >= 11 is 7.64. The monoisotopic (exact) mass is 367 g/mol. The molecule has 0 radical (unpaired) electrons. The van der Waals surface area contributed by atoms with E-state index >= 15 is 0 Å². The number of halogens is 1. The van der Waals surface area contributed by atoms with Crippen LogP contribution in [0.15, 0.2) is 35.7 Å². The number of ether oxygens (including phenoxy) is 1. The largest absolute Gasteiger partial charge is 0.383 e. The number of benzene rings is 1. The van der Waals surface area contributed by atoms with Gasteiger partial charge in [0.1, 0.15) is 6.04 Å². The zero-order valence-corrected chi connectivity index (χ0v) is 14.6. The fourth-order valence-electron chi connectivity index (χ4n) is 1.94. The van der Waals surface area contributed by atoms with E-state index in [1.54, 1.807) is 23.5 Å². The van der Waals surface area contributed by atoms with Gasteiger partial charge in [-0.05, 0) is 29.6 Å². The summed E-state index contributed by atoms with van der Waals surface area (Å²) in [7, 11) is 1.46. The van der Waals surface area contributed by atoms with Crippen LogP contribution >= 0.6 is 22.9 Å². The van der Waals surface area contributed by atoms with E-state index in [9.17, 15) is 9.59 Å². The average Bonchev–Trinajstić information content (AvgIpc) is 3.08. The second-order valence-corrected chi connectivity index (χ2v) is 6.45. The fourth-order valence-corrected chi connectivity index (χ4v) is 2.79. The van der Waals surface area contributed by atoms with Crippen molar-refractivity contribution in [1.82, 2.24) is 5.32 Å². The Kier molecular flexibility index (Phi) is 6.74. The van der Waals surface area contributed by atoms with Gasteiger partial charge in [-0.1, -0.05) is 17.7 Å². The van der Waals surface area contributed by atoms with Crippen molar-refractivity contribution in [3.05, 3.63) is 51.2 Å². The number of rotatable bonds is 7. The molecular weight excluding hydrogens is 350 g/mol. The van der Waals surface area contributed by atoms with E-state index in [0.29, 0.717) is 17.3 Å². The quantitative estimate of drug-likeness (QED) is 0.699. The smallest absolute Gasteiger partial charge is 0.253 e. The first kappa shape index (κ1) is 18.4. The zero-order valence-electron chi connectivity index (χ0n) is 13.0. The van der Waals surface area contributed by atoms with E-state index in [1.165, 1.54) is 13.2 Å². The average molecular weight is 368 g/mol. The van der Waals surface area contributed by atoms with E-state index in [4.69, 9.17) is 22.1 Å². The topological polar surface area (TPSA) is 93.4 Å². The van der Waals surface area contributed by atoms with Crippen LogP contribution in [-0.4, -0.2) is 31.6 Å². The maximum Gasteiger partial charge on any atom is 0.253 e. The summed E-state index contributed by atoms with van der Waals surface area (Å²) in [5, 5.41) is 7.68. The Morgan fingerprint density at radius 3 is 2.83 bits per heavy atom. The summed E-state index contributed by atoms with van der Waals surface area (Å²) in [6.45, 7) is 0.524. The van der Waals surface area contributed by atoms with Crippen molar-refractivity contribution in [3.8, 4) is 0 Å². The maximum atomic E-state index is 12.3. The van der Waals surface area contributed by atoms with Crippen LogP contribution in [0.5, 0.6) is 0 Å². The van der Waals surface area contributed by atoms with Crippen LogP contribution in [-0.2, 0) is 16.1 Å². The number of hydrogen-bond donors (Lipinski definition) is 3. The van der Waals surface area contributed by atoms with E-state index < -0.39 is 11.9 Å². The SMILES string of the molecule is COCC(N)C(=O)Nc1ccc(Cl)c(C(=O)NCc2cccs2)c1. The molecule has 1 aromatic heterocycles. The molecule has 6 nitrogen and oxygen atoms in total. The van der Waals surface area contributed by atoms with Crippen molar-refractivity contribution in [2.24, 2.45) is 5.73 Å². The second kappa shape index (κ2) is 8.79. The summed E-state index contributed by atoms with van der Waals surface area (Å²) in [5.41, 5.74) is 6.39. The fraction of sp³-hybridized carbons (Fsp3) is 0.250. The maximum absolute atomic E-state index is 12.3. The van der Waals surface area contributed by atoms with E-state index in [1.807, 2.05) is 17.5 Å². The molecule has 8 heteroatoms. The van der Waals surface area contributed by atoms with Crippen LogP contribution in [0.4, 0.5) is 5.69 Å². The second-order valence-electron chi connectivity index (χ2n) is 5.01. The number of hydrogen-bond acceptors (Lipinski definition) is 5. The molecule has 1 aromatic carbocycles. The third-order valence-electron chi connectivity index (χ3n) is 3.16. The highest BCUT2D eigenvalue weighted by Crippen LogP contribution is 2.21. The molecule has 4 N–H and O–H groups in total. The van der Waals surface area contributed by atoms with E-state index in [2.05, 4.69) is 10.6 Å². The first-order valence-corrected chi connectivity index (χ1v) is 8.42. The number of thiophene rings is 1. The van der Waals surface area contributed by atoms with Gasteiger partial charge in [0.2, 0.25) is 5.91 Å². The van der Waals surface area contributed by atoms with Crippen molar-refractivity contribution in [2.45, 2.75) is 12.6 Å². The third-order valence-corrected chi connectivity index (χ3v) is 4.37. The molecule has 0 bridgehead atoms. The Labute approximate surface area is 148 Å². The van der Waals surface area contributed by atoms with E-state index in [0.717, 1.165) is 4.88 Å². The number of methoxy groups -OCH3 is 1. The number of anilines is 1. The lowest BCUT2D eigenvalue weighted by molar-refractivity contribution is -0.118. The molecule has 2 rings (SSSR count). The molecule has 0 aliphatic rings. The minimum absolute atomic E-state index is 0.105. The normalized spacial score (nSPS) is 11.8. The Morgan fingerprint density at radius 1 is 1.38 bits per heavy atom. The molecular formula is C16H18ClN3O3S. The lowest BCUT2D eigenvalue weighted by Gasteiger charge is -2.13. The zero-order chi connectivity index (χ0) is 17.5. The van der Waals surface area contributed by atoms with Gasteiger partial charge in [-0.3, -0.25) is 9.59 Å². The third kappa shape index (κ3) is 5.04. The summed E-state index contributed by atoms with van der Waals surface area (Å²) < 4.78 is 4.84. The summed E-state index contributed by atoms with van der Waals surface area (Å²) in [6, 6.07) is 7.74. The van der Waals surface area contributed by atoms with Gasteiger partial charge in [-0.25, -0.2) is 0 Å². The lowest BCUT2D eigenvalue weighted by atomic mass is 10.1. The van der Waals surface area contributed by atoms with Crippen molar-refractivity contribution < 1.29 is 14.3 Å². The molecule has 2 aromatic rings. The first-order chi connectivity index (χ1) is 11.5.